The van der Waals surface area contributed by atoms with Gasteiger partial charge < -0.3 is 15.4 Å². The lowest BCUT2D eigenvalue weighted by atomic mass is 10.1. The lowest BCUT2D eigenvalue weighted by molar-refractivity contribution is -0.113. The Balaban J connectivity index is 1.44. The molecule has 4 aromatic rings. The maximum atomic E-state index is 13.0. The first-order chi connectivity index (χ1) is 16.6. The number of rotatable bonds is 8. The number of carbonyl (C=O) groups is 2. The van der Waals surface area contributed by atoms with E-state index in [0.29, 0.717) is 23.6 Å². The number of benzene rings is 3. The van der Waals surface area contributed by atoms with Crippen LogP contribution >= 0.6 is 11.3 Å². The molecule has 5 nitrogen and oxygen atoms in total. The molecule has 1 aromatic heterocycles. The molecule has 0 aliphatic rings. The first-order valence-electron chi connectivity index (χ1n) is 10.8. The minimum absolute atomic E-state index is 0.165. The van der Waals surface area contributed by atoms with Gasteiger partial charge in [-0.2, -0.15) is 0 Å². The van der Waals surface area contributed by atoms with Gasteiger partial charge in [-0.3, -0.25) is 9.59 Å². The Morgan fingerprint density at radius 2 is 1.71 bits per heavy atom. The summed E-state index contributed by atoms with van der Waals surface area (Å²) >= 11 is 1.48. The number of nitrogens with one attached hydrogen (secondary N) is 2. The standard InChI is InChI=1S/C28H24N2O3S/c1-20-7-5-10-22(17-20)27(31)30-26(18-25-11-6-16-34-25)28(32)29-23-12-14-24(15-13-23)33-19-21-8-3-2-4-9-21/h2-18H,19H2,1H3,(H,29,32)(H,30,31)/b26-18-. The van der Waals surface area contributed by atoms with E-state index < -0.39 is 5.91 Å². The molecule has 0 fully saturated rings. The van der Waals surface area contributed by atoms with Crippen molar-refractivity contribution in [2.75, 3.05) is 5.32 Å². The second kappa shape index (κ2) is 11.1. The zero-order valence-electron chi connectivity index (χ0n) is 18.7. The Hall–Kier alpha value is -4.16. The van der Waals surface area contributed by atoms with Crippen LogP contribution in [0.1, 0.15) is 26.4 Å². The maximum Gasteiger partial charge on any atom is 0.272 e. The van der Waals surface area contributed by atoms with Crippen molar-refractivity contribution in [3.05, 3.63) is 124 Å². The highest BCUT2D eigenvalue weighted by Gasteiger charge is 2.15. The summed E-state index contributed by atoms with van der Waals surface area (Å²) < 4.78 is 5.80. The van der Waals surface area contributed by atoms with Gasteiger partial charge in [0.05, 0.1) is 0 Å². The van der Waals surface area contributed by atoms with E-state index in [1.807, 2.05) is 66.9 Å². The van der Waals surface area contributed by atoms with Crippen molar-refractivity contribution in [2.45, 2.75) is 13.5 Å². The normalized spacial score (nSPS) is 11.0. The van der Waals surface area contributed by atoms with Crippen LogP contribution in [0.5, 0.6) is 5.75 Å². The number of ether oxygens (including phenoxy) is 1. The fourth-order valence-corrected chi connectivity index (χ4v) is 3.89. The Labute approximate surface area is 202 Å². The van der Waals surface area contributed by atoms with Gasteiger partial charge in [-0.15, -0.1) is 11.3 Å². The minimum Gasteiger partial charge on any atom is -0.489 e. The third-order valence-electron chi connectivity index (χ3n) is 4.96. The average molecular weight is 469 g/mol. The molecule has 0 atom stereocenters. The summed E-state index contributed by atoms with van der Waals surface area (Å²) in [6.45, 7) is 2.38. The monoisotopic (exact) mass is 468 g/mol. The van der Waals surface area contributed by atoms with Gasteiger partial charge in [0.1, 0.15) is 18.1 Å². The lowest BCUT2D eigenvalue weighted by Gasteiger charge is -2.12. The van der Waals surface area contributed by atoms with Crippen LogP contribution in [0.25, 0.3) is 6.08 Å². The van der Waals surface area contributed by atoms with Crippen LogP contribution in [0, 0.1) is 6.92 Å². The molecule has 0 radical (unpaired) electrons. The van der Waals surface area contributed by atoms with Crippen molar-refractivity contribution in [3.8, 4) is 5.75 Å². The van der Waals surface area contributed by atoms with E-state index in [4.69, 9.17) is 4.74 Å². The SMILES string of the molecule is Cc1cccc(C(=O)N/C(=C\c2cccs2)C(=O)Nc2ccc(OCc3ccccc3)cc2)c1. The number of thiophene rings is 1. The number of amides is 2. The van der Waals surface area contributed by atoms with Crippen LogP contribution in [-0.4, -0.2) is 11.8 Å². The Morgan fingerprint density at radius 3 is 2.41 bits per heavy atom. The molecule has 0 saturated heterocycles. The highest BCUT2D eigenvalue weighted by atomic mass is 32.1. The van der Waals surface area contributed by atoms with Gasteiger partial charge in [0.25, 0.3) is 11.8 Å². The van der Waals surface area contributed by atoms with Gasteiger partial charge in [-0.1, -0.05) is 54.1 Å². The van der Waals surface area contributed by atoms with Crippen molar-refractivity contribution in [2.24, 2.45) is 0 Å². The predicted molar refractivity (Wildman–Crippen MR) is 137 cm³/mol. The summed E-state index contributed by atoms with van der Waals surface area (Å²) in [6, 6.07) is 28.0. The summed E-state index contributed by atoms with van der Waals surface area (Å²) in [7, 11) is 0. The molecule has 6 heteroatoms. The largest absolute Gasteiger partial charge is 0.489 e. The number of aryl methyl sites for hydroxylation is 1. The van der Waals surface area contributed by atoms with Gasteiger partial charge in [0, 0.05) is 16.1 Å². The quantitative estimate of drug-likeness (QED) is 0.310. The maximum absolute atomic E-state index is 13.0. The van der Waals surface area contributed by atoms with E-state index in [1.165, 1.54) is 11.3 Å². The van der Waals surface area contributed by atoms with Crippen molar-refractivity contribution < 1.29 is 14.3 Å². The molecule has 0 saturated carbocycles. The Morgan fingerprint density at radius 1 is 0.912 bits per heavy atom. The minimum atomic E-state index is -0.410. The van der Waals surface area contributed by atoms with Crippen molar-refractivity contribution in [1.29, 1.82) is 0 Å². The lowest BCUT2D eigenvalue weighted by Crippen LogP contribution is -2.30. The molecule has 170 valence electrons. The second-order valence-electron chi connectivity index (χ2n) is 7.65. The first kappa shape index (κ1) is 23.0. The molecule has 0 aliphatic heterocycles. The van der Waals surface area contributed by atoms with Gasteiger partial charge in [-0.25, -0.2) is 0 Å². The molecule has 2 amide bonds. The second-order valence-corrected chi connectivity index (χ2v) is 8.63. The molecule has 34 heavy (non-hydrogen) atoms. The van der Waals surface area contributed by atoms with Crippen molar-refractivity contribution >= 4 is 34.9 Å². The average Bonchev–Trinajstić information content (AvgIpc) is 3.37. The molecular weight excluding hydrogens is 444 g/mol. The van der Waals surface area contributed by atoms with E-state index >= 15 is 0 Å². The van der Waals surface area contributed by atoms with E-state index in [2.05, 4.69) is 10.6 Å². The van der Waals surface area contributed by atoms with Crippen LogP contribution in [0.4, 0.5) is 5.69 Å². The Kier molecular flexibility index (Phi) is 7.53. The summed E-state index contributed by atoms with van der Waals surface area (Å²) in [5.41, 5.74) is 3.30. The fourth-order valence-electron chi connectivity index (χ4n) is 3.23. The van der Waals surface area contributed by atoms with E-state index in [9.17, 15) is 9.59 Å². The third-order valence-corrected chi connectivity index (χ3v) is 5.78. The topological polar surface area (TPSA) is 67.4 Å². The number of anilines is 1. The molecule has 2 N–H and O–H groups in total. The predicted octanol–water partition coefficient (Wildman–Crippen LogP) is 6.05. The number of hydrogen-bond acceptors (Lipinski definition) is 4. The molecule has 0 bridgehead atoms. The summed E-state index contributed by atoms with van der Waals surface area (Å²) in [5.74, 6) is -0.0531. The molecule has 1 heterocycles. The third kappa shape index (κ3) is 6.43. The molecule has 0 spiro atoms. The number of hydrogen-bond donors (Lipinski definition) is 2. The Bertz CT molecular complexity index is 1280. The molecular formula is C28H24N2O3S. The number of carbonyl (C=O) groups excluding carboxylic acids is 2. The van der Waals surface area contributed by atoms with E-state index in [0.717, 1.165) is 16.0 Å². The fraction of sp³-hybridized carbons (Fsp3) is 0.0714. The van der Waals surface area contributed by atoms with Gasteiger partial charge in [-0.05, 0) is 66.4 Å². The van der Waals surface area contributed by atoms with Gasteiger partial charge >= 0.3 is 0 Å². The zero-order valence-corrected chi connectivity index (χ0v) is 19.5. The van der Waals surface area contributed by atoms with Gasteiger partial charge in [0.15, 0.2) is 0 Å². The van der Waals surface area contributed by atoms with Crippen LogP contribution in [-0.2, 0) is 11.4 Å². The molecule has 3 aromatic carbocycles. The smallest absolute Gasteiger partial charge is 0.272 e. The van der Waals surface area contributed by atoms with E-state index in [-0.39, 0.29) is 11.6 Å². The van der Waals surface area contributed by atoms with Crippen LogP contribution in [0.3, 0.4) is 0 Å². The van der Waals surface area contributed by atoms with Crippen LogP contribution in [0.2, 0.25) is 0 Å². The van der Waals surface area contributed by atoms with Crippen LogP contribution in [0.15, 0.2) is 102 Å². The highest BCUT2D eigenvalue weighted by Crippen LogP contribution is 2.19. The van der Waals surface area contributed by atoms with E-state index in [1.54, 1.807) is 42.5 Å². The zero-order chi connectivity index (χ0) is 23.8. The first-order valence-corrected chi connectivity index (χ1v) is 11.7. The van der Waals surface area contributed by atoms with Crippen LogP contribution < -0.4 is 15.4 Å². The van der Waals surface area contributed by atoms with Crippen molar-refractivity contribution in [1.82, 2.24) is 5.32 Å². The summed E-state index contributed by atoms with van der Waals surface area (Å²) in [5, 5.41) is 7.53. The van der Waals surface area contributed by atoms with Gasteiger partial charge in [0.2, 0.25) is 0 Å². The molecule has 0 aliphatic carbocycles. The summed E-state index contributed by atoms with van der Waals surface area (Å²) in [4.78, 5) is 26.7. The highest BCUT2D eigenvalue weighted by molar-refractivity contribution is 7.10. The molecule has 4 rings (SSSR count). The van der Waals surface area contributed by atoms with Crippen molar-refractivity contribution in [3.63, 3.8) is 0 Å². The molecule has 0 unspecified atom stereocenters. The summed E-state index contributed by atoms with van der Waals surface area (Å²) in [6.07, 6.45) is 1.67.